The number of aromatic nitrogens is 2. The summed E-state index contributed by atoms with van der Waals surface area (Å²) in [6.07, 6.45) is 1.64. The van der Waals surface area contributed by atoms with E-state index >= 15 is 0 Å². The standard InChI is InChI=1S/C12H14N2O3/c1-4-17-12(16)10-7(2)11-8(5-9(10)15)14(3)6-13-11/h5-6,15H,4H2,1-3H3. The summed E-state index contributed by atoms with van der Waals surface area (Å²) in [5, 5.41) is 9.89. The van der Waals surface area contributed by atoms with Gasteiger partial charge in [-0.05, 0) is 19.4 Å². The van der Waals surface area contributed by atoms with Gasteiger partial charge in [0, 0.05) is 13.1 Å². The third kappa shape index (κ3) is 1.73. The van der Waals surface area contributed by atoms with Crippen LogP contribution in [0.2, 0.25) is 0 Å². The first-order valence-corrected chi connectivity index (χ1v) is 5.37. The van der Waals surface area contributed by atoms with Gasteiger partial charge in [-0.2, -0.15) is 0 Å². The fraction of sp³-hybridized carbons (Fsp3) is 0.333. The second-order valence-electron chi connectivity index (χ2n) is 3.84. The van der Waals surface area contributed by atoms with Crippen LogP contribution in [-0.4, -0.2) is 27.2 Å². The average molecular weight is 234 g/mol. The average Bonchev–Trinajstić information content (AvgIpc) is 2.61. The van der Waals surface area contributed by atoms with E-state index in [1.807, 2.05) is 7.05 Å². The number of hydrogen-bond acceptors (Lipinski definition) is 4. The maximum Gasteiger partial charge on any atom is 0.342 e. The molecule has 0 fully saturated rings. The molecule has 5 nitrogen and oxygen atoms in total. The maximum atomic E-state index is 11.7. The van der Waals surface area contributed by atoms with Gasteiger partial charge >= 0.3 is 5.97 Å². The molecule has 1 N–H and O–H groups in total. The van der Waals surface area contributed by atoms with E-state index in [1.54, 1.807) is 24.7 Å². The van der Waals surface area contributed by atoms with Crippen LogP contribution in [0.25, 0.3) is 11.0 Å². The van der Waals surface area contributed by atoms with E-state index in [1.165, 1.54) is 6.07 Å². The maximum absolute atomic E-state index is 11.7. The molecule has 17 heavy (non-hydrogen) atoms. The van der Waals surface area contributed by atoms with Gasteiger partial charge < -0.3 is 14.4 Å². The van der Waals surface area contributed by atoms with Crippen molar-refractivity contribution in [3.05, 3.63) is 23.5 Å². The summed E-state index contributed by atoms with van der Waals surface area (Å²) >= 11 is 0. The molecule has 5 heteroatoms. The van der Waals surface area contributed by atoms with Gasteiger partial charge in [0.05, 0.1) is 24.0 Å². The van der Waals surface area contributed by atoms with E-state index in [9.17, 15) is 9.90 Å². The summed E-state index contributed by atoms with van der Waals surface area (Å²) in [5.74, 6) is -0.591. The molecule has 0 amide bonds. The highest BCUT2D eigenvalue weighted by Gasteiger charge is 2.19. The number of imidazole rings is 1. The summed E-state index contributed by atoms with van der Waals surface area (Å²) in [5.41, 5.74) is 2.32. The van der Waals surface area contributed by atoms with E-state index in [-0.39, 0.29) is 17.9 Å². The molecule has 1 aromatic carbocycles. The monoisotopic (exact) mass is 234 g/mol. The van der Waals surface area contributed by atoms with Crippen molar-refractivity contribution in [2.24, 2.45) is 7.05 Å². The predicted octanol–water partition coefficient (Wildman–Crippen LogP) is 1.76. The molecule has 0 unspecified atom stereocenters. The zero-order valence-corrected chi connectivity index (χ0v) is 10.0. The molecule has 0 spiro atoms. The highest BCUT2D eigenvalue weighted by Crippen LogP contribution is 2.29. The number of fused-ring (bicyclic) bond motifs is 1. The molecular weight excluding hydrogens is 220 g/mol. The molecule has 90 valence electrons. The minimum Gasteiger partial charge on any atom is -0.507 e. The lowest BCUT2D eigenvalue weighted by atomic mass is 10.1. The third-order valence-corrected chi connectivity index (χ3v) is 2.72. The second-order valence-corrected chi connectivity index (χ2v) is 3.84. The van der Waals surface area contributed by atoms with Gasteiger partial charge in [0.1, 0.15) is 11.3 Å². The smallest absolute Gasteiger partial charge is 0.342 e. The van der Waals surface area contributed by atoms with Crippen LogP contribution in [0, 0.1) is 6.92 Å². The van der Waals surface area contributed by atoms with Crippen molar-refractivity contribution in [2.75, 3.05) is 6.61 Å². The number of aryl methyl sites for hydroxylation is 2. The topological polar surface area (TPSA) is 64.3 Å². The van der Waals surface area contributed by atoms with E-state index in [2.05, 4.69) is 4.98 Å². The van der Waals surface area contributed by atoms with Crippen LogP contribution in [0.15, 0.2) is 12.4 Å². The van der Waals surface area contributed by atoms with Crippen molar-refractivity contribution in [2.45, 2.75) is 13.8 Å². The largest absolute Gasteiger partial charge is 0.507 e. The number of nitrogens with zero attached hydrogens (tertiary/aromatic N) is 2. The molecule has 0 aliphatic heterocycles. The summed E-state index contributed by atoms with van der Waals surface area (Å²) in [4.78, 5) is 15.9. The van der Waals surface area contributed by atoms with Crippen LogP contribution in [0.5, 0.6) is 5.75 Å². The number of carbonyl (C=O) groups is 1. The molecule has 2 aromatic rings. The van der Waals surface area contributed by atoms with Crippen molar-refractivity contribution >= 4 is 17.0 Å². The lowest BCUT2D eigenvalue weighted by molar-refractivity contribution is 0.0522. The van der Waals surface area contributed by atoms with Crippen LogP contribution in [0.1, 0.15) is 22.8 Å². The minimum absolute atomic E-state index is 0.0722. The summed E-state index contributed by atoms with van der Waals surface area (Å²) in [6.45, 7) is 3.75. The highest BCUT2D eigenvalue weighted by molar-refractivity contribution is 5.99. The molecule has 0 bridgehead atoms. The molecule has 0 atom stereocenters. The quantitative estimate of drug-likeness (QED) is 0.804. The number of phenolic OH excluding ortho intramolecular Hbond substituents is 1. The normalized spacial score (nSPS) is 10.8. The second kappa shape index (κ2) is 4.08. The molecule has 0 aliphatic carbocycles. The highest BCUT2D eigenvalue weighted by atomic mass is 16.5. The SMILES string of the molecule is CCOC(=O)c1c(O)cc2c(ncn2C)c1C. The Balaban J connectivity index is 2.68. The number of phenols is 1. The van der Waals surface area contributed by atoms with Crippen LogP contribution >= 0.6 is 0 Å². The Bertz CT molecular complexity index is 587. The molecule has 1 heterocycles. The summed E-state index contributed by atoms with van der Waals surface area (Å²) in [6, 6.07) is 1.53. The van der Waals surface area contributed by atoms with E-state index in [0.717, 1.165) is 5.52 Å². The van der Waals surface area contributed by atoms with E-state index < -0.39 is 5.97 Å². The summed E-state index contributed by atoms with van der Waals surface area (Å²) in [7, 11) is 1.83. The molecule has 2 rings (SSSR count). The molecule has 0 radical (unpaired) electrons. The van der Waals surface area contributed by atoms with Crippen molar-refractivity contribution in [3.63, 3.8) is 0 Å². The minimum atomic E-state index is -0.518. The first-order valence-electron chi connectivity index (χ1n) is 5.37. The Morgan fingerprint density at radius 2 is 2.29 bits per heavy atom. The third-order valence-electron chi connectivity index (χ3n) is 2.72. The van der Waals surface area contributed by atoms with Crippen molar-refractivity contribution in [1.29, 1.82) is 0 Å². The zero-order chi connectivity index (χ0) is 12.6. The fourth-order valence-electron chi connectivity index (χ4n) is 1.87. The number of rotatable bonds is 2. The Kier molecular flexibility index (Phi) is 2.75. The van der Waals surface area contributed by atoms with E-state index in [0.29, 0.717) is 11.1 Å². The molecule has 1 aromatic heterocycles. The molecule has 0 saturated heterocycles. The number of ether oxygens (including phenoxy) is 1. The van der Waals surface area contributed by atoms with Gasteiger partial charge in [-0.15, -0.1) is 0 Å². The van der Waals surface area contributed by atoms with Crippen LogP contribution in [0.4, 0.5) is 0 Å². The van der Waals surface area contributed by atoms with Crippen LogP contribution < -0.4 is 0 Å². The Morgan fingerprint density at radius 1 is 1.59 bits per heavy atom. The zero-order valence-electron chi connectivity index (χ0n) is 10.0. The lowest BCUT2D eigenvalue weighted by Gasteiger charge is -2.08. The molecule has 0 aliphatic rings. The van der Waals surface area contributed by atoms with Crippen molar-refractivity contribution in [1.82, 2.24) is 9.55 Å². The number of hydrogen-bond donors (Lipinski definition) is 1. The Labute approximate surface area is 98.6 Å². The van der Waals surface area contributed by atoms with Gasteiger partial charge in [-0.25, -0.2) is 9.78 Å². The van der Waals surface area contributed by atoms with Gasteiger partial charge in [0.15, 0.2) is 0 Å². The van der Waals surface area contributed by atoms with Crippen molar-refractivity contribution < 1.29 is 14.6 Å². The Hall–Kier alpha value is -2.04. The van der Waals surface area contributed by atoms with Gasteiger partial charge in [0.2, 0.25) is 0 Å². The number of carbonyl (C=O) groups excluding carboxylic acids is 1. The van der Waals surface area contributed by atoms with Gasteiger partial charge in [-0.1, -0.05) is 0 Å². The molecular formula is C12H14N2O3. The van der Waals surface area contributed by atoms with Gasteiger partial charge in [-0.3, -0.25) is 0 Å². The molecule has 0 saturated carbocycles. The number of benzene rings is 1. The van der Waals surface area contributed by atoms with Crippen molar-refractivity contribution in [3.8, 4) is 5.75 Å². The number of esters is 1. The Morgan fingerprint density at radius 3 is 2.94 bits per heavy atom. The first kappa shape index (κ1) is 11.4. The number of aromatic hydroxyl groups is 1. The lowest BCUT2D eigenvalue weighted by Crippen LogP contribution is -2.07. The van der Waals surface area contributed by atoms with Crippen LogP contribution in [0.3, 0.4) is 0 Å². The first-order chi connectivity index (χ1) is 8.06. The van der Waals surface area contributed by atoms with Crippen LogP contribution in [-0.2, 0) is 11.8 Å². The predicted molar refractivity (Wildman–Crippen MR) is 63.1 cm³/mol. The fourth-order valence-corrected chi connectivity index (χ4v) is 1.87. The van der Waals surface area contributed by atoms with Gasteiger partial charge in [0.25, 0.3) is 0 Å². The van der Waals surface area contributed by atoms with E-state index in [4.69, 9.17) is 4.74 Å². The summed E-state index contributed by atoms with van der Waals surface area (Å²) < 4.78 is 6.70.